The summed E-state index contributed by atoms with van der Waals surface area (Å²) in [6.07, 6.45) is 0. The van der Waals surface area contributed by atoms with Gasteiger partial charge in [0.2, 0.25) is 0 Å². The lowest BCUT2D eigenvalue weighted by atomic mass is 10.2. The third-order valence-corrected chi connectivity index (χ3v) is 5.71. The molecule has 29 heavy (non-hydrogen) atoms. The SMILES string of the molecule is CC(C)COC(=O)c1ccc(NC(=O)COc2c(Cl)c(Cl)c(Cl)c(Cl)c2Cl)cc1. The van der Waals surface area contributed by atoms with Crippen molar-refractivity contribution >= 4 is 75.6 Å². The van der Waals surface area contributed by atoms with Crippen molar-refractivity contribution in [3.63, 3.8) is 0 Å². The second kappa shape index (κ2) is 10.6. The van der Waals surface area contributed by atoms with E-state index in [1.807, 2.05) is 13.8 Å². The van der Waals surface area contributed by atoms with Gasteiger partial charge >= 0.3 is 5.97 Å². The first kappa shape index (κ1) is 23.9. The molecule has 0 aliphatic rings. The van der Waals surface area contributed by atoms with Gasteiger partial charge in [0.05, 0.1) is 27.2 Å². The van der Waals surface area contributed by atoms with Crippen molar-refractivity contribution in [3.05, 3.63) is 54.9 Å². The number of halogens is 5. The molecule has 0 fully saturated rings. The number of anilines is 1. The Morgan fingerprint density at radius 2 is 1.41 bits per heavy atom. The molecule has 0 bridgehead atoms. The van der Waals surface area contributed by atoms with Gasteiger partial charge in [0.25, 0.3) is 5.91 Å². The fourth-order valence-electron chi connectivity index (χ4n) is 2.06. The molecule has 156 valence electrons. The molecule has 0 spiro atoms. The molecule has 0 unspecified atom stereocenters. The van der Waals surface area contributed by atoms with Crippen LogP contribution in [0.5, 0.6) is 5.75 Å². The maximum absolute atomic E-state index is 12.1. The van der Waals surface area contributed by atoms with Crippen LogP contribution in [0.15, 0.2) is 24.3 Å². The first-order chi connectivity index (χ1) is 13.6. The van der Waals surface area contributed by atoms with Gasteiger partial charge in [-0.3, -0.25) is 4.79 Å². The summed E-state index contributed by atoms with van der Waals surface area (Å²) in [5.41, 5.74) is 0.840. The Morgan fingerprint density at radius 3 is 1.93 bits per heavy atom. The predicted molar refractivity (Wildman–Crippen MR) is 117 cm³/mol. The number of nitrogens with one attached hydrogen (secondary N) is 1. The minimum absolute atomic E-state index is 0.00727. The van der Waals surface area contributed by atoms with Crippen LogP contribution in [0.2, 0.25) is 25.1 Å². The van der Waals surface area contributed by atoms with E-state index >= 15 is 0 Å². The second-order valence-electron chi connectivity index (χ2n) is 6.31. The maximum atomic E-state index is 12.1. The topological polar surface area (TPSA) is 64.6 Å². The predicted octanol–water partition coefficient (Wildman–Crippen LogP) is 6.78. The van der Waals surface area contributed by atoms with Crippen LogP contribution < -0.4 is 10.1 Å². The van der Waals surface area contributed by atoms with E-state index in [1.54, 1.807) is 24.3 Å². The molecule has 5 nitrogen and oxygen atoms in total. The normalized spacial score (nSPS) is 10.8. The van der Waals surface area contributed by atoms with Gasteiger partial charge in [0, 0.05) is 5.69 Å². The Bertz CT molecular complexity index is 887. The average Bonchev–Trinajstić information content (AvgIpc) is 2.69. The molecule has 10 heteroatoms. The number of carbonyl (C=O) groups is 2. The van der Waals surface area contributed by atoms with E-state index in [0.29, 0.717) is 17.9 Å². The molecular weight excluding hydrogens is 483 g/mol. The number of esters is 1. The lowest BCUT2D eigenvalue weighted by Crippen LogP contribution is -2.20. The van der Waals surface area contributed by atoms with Crippen molar-refractivity contribution in [1.82, 2.24) is 0 Å². The van der Waals surface area contributed by atoms with E-state index in [-0.39, 0.29) is 36.8 Å². The molecule has 0 aliphatic heterocycles. The molecule has 0 aromatic heterocycles. The third kappa shape index (κ3) is 6.30. The van der Waals surface area contributed by atoms with E-state index in [9.17, 15) is 9.59 Å². The molecule has 0 aliphatic carbocycles. The number of hydrogen-bond acceptors (Lipinski definition) is 4. The molecule has 0 heterocycles. The maximum Gasteiger partial charge on any atom is 0.338 e. The van der Waals surface area contributed by atoms with Gasteiger partial charge in [-0.15, -0.1) is 0 Å². The third-order valence-electron chi connectivity index (χ3n) is 3.47. The Hall–Kier alpha value is -1.37. The number of ether oxygens (including phenoxy) is 2. The average molecular weight is 500 g/mol. The standard InChI is InChI=1S/C19H16Cl5NO4/c1-9(2)7-29-19(27)10-3-5-11(6-4-10)25-12(26)8-28-18-16(23)14(21)13(20)15(22)17(18)24/h3-6,9H,7-8H2,1-2H3,(H,25,26). The summed E-state index contributed by atoms with van der Waals surface area (Å²) in [6.45, 7) is 3.81. The number of amides is 1. The van der Waals surface area contributed by atoms with Crippen LogP contribution in [0.4, 0.5) is 5.69 Å². The number of carbonyl (C=O) groups excluding carboxylic acids is 2. The van der Waals surface area contributed by atoms with Crippen molar-refractivity contribution in [3.8, 4) is 5.75 Å². The van der Waals surface area contributed by atoms with Gasteiger partial charge in [0.1, 0.15) is 10.0 Å². The summed E-state index contributed by atoms with van der Waals surface area (Å²) in [4.78, 5) is 24.0. The highest BCUT2D eigenvalue weighted by molar-refractivity contribution is 6.55. The monoisotopic (exact) mass is 497 g/mol. The Balaban J connectivity index is 1.98. The molecule has 1 amide bonds. The van der Waals surface area contributed by atoms with Crippen LogP contribution in [-0.2, 0) is 9.53 Å². The summed E-state index contributed by atoms with van der Waals surface area (Å²) in [5.74, 6) is -0.730. The zero-order chi connectivity index (χ0) is 21.7. The number of rotatable bonds is 7. The molecule has 0 saturated heterocycles. The van der Waals surface area contributed by atoms with Crippen LogP contribution in [-0.4, -0.2) is 25.1 Å². The fourth-order valence-corrected chi connectivity index (χ4v) is 3.29. The van der Waals surface area contributed by atoms with Crippen LogP contribution in [0.25, 0.3) is 0 Å². The van der Waals surface area contributed by atoms with E-state index in [0.717, 1.165) is 0 Å². The summed E-state index contributed by atoms with van der Waals surface area (Å²) in [7, 11) is 0. The summed E-state index contributed by atoms with van der Waals surface area (Å²) in [6, 6.07) is 6.23. The van der Waals surface area contributed by atoms with E-state index in [1.165, 1.54) is 0 Å². The first-order valence-electron chi connectivity index (χ1n) is 8.33. The minimum Gasteiger partial charge on any atom is -0.481 e. The zero-order valence-corrected chi connectivity index (χ0v) is 19.1. The van der Waals surface area contributed by atoms with Gasteiger partial charge in [-0.05, 0) is 30.2 Å². The lowest BCUT2D eigenvalue weighted by Gasteiger charge is -2.13. The van der Waals surface area contributed by atoms with E-state index in [2.05, 4.69) is 5.32 Å². The second-order valence-corrected chi connectivity index (χ2v) is 8.20. The van der Waals surface area contributed by atoms with Crippen molar-refractivity contribution in [2.75, 3.05) is 18.5 Å². The Kier molecular flexibility index (Phi) is 8.73. The van der Waals surface area contributed by atoms with Crippen molar-refractivity contribution < 1.29 is 19.1 Å². The van der Waals surface area contributed by atoms with Crippen LogP contribution in [0.3, 0.4) is 0 Å². The quantitative estimate of drug-likeness (QED) is 0.259. The minimum atomic E-state index is -0.491. The molecule has 2 rings (SSSR count). The zero-order valence-electron chi connectivity index (χ0n) is 15.3. The van der Waals surface area contributed by atoms with Gasteiger partial charge in [-0.1, -0.05) is 71.9 Å². The summed E-state index contributed by atoms with van der Waals surface area (Å²) < 4.78 is 10.5. The molecule has 0 atom stereocenters. The Morgan fingerprint density at radius 1 is 0.897 bits per heavy atom. The molecule has 2 aromatic rings. The molecule has 2 aromatic carbocycles. The highest BCUT2D eigenvalue weighted by Crippen LogP contribution is 2.48. The van der Waals surface area contributed by atoms with E-state index in [4.69, 9.17) is 67.5 Å². The van der Waals surface area contributed by atoms with Crippen molar-refractivity contribution in [2.24, 2.45) is 5.92 Å². The lowest BCUT2D eigenvalue weighted by molar-refractivity contribution is -0.118. The molecule has 0 saturated carbocycles. The van der Waals surface area contributed by atoms with Gasteiger partial charge in [-0.25, -0.2) is 4.79 Å². The van der Waals surface area contributed by atoms with E-state index < -0.39 is 18.5 Å². The van der Waals surface area contributed by atoms with Gasteiger partial charge in [0.15, 0.2) is 12.4 Å². The van der Waals surface area contributed by atoms with Gasteiger partial charge < -0.3 is 14.8 Å². The summed E-state index contributed by atoms with van der Waals surface area (Å²) in [5, 5.41) is 2.44. The number of benzene rings is 2. The van der Waals surface area contributed by atoms with Crippen LogP contribution in [0, 0.1) is 5.92 Å². The van der Waals surface area contributed by atoms with Crippen LogP contribution >= 0.6 is 58.0 Å². The van der Waals surface area contributed by atoms with Gasteiger partial charge in [-0.2, -0.15) is 0 Å². The largest absolute Gasteiger partial charge is 0.481 e. The molecule has 1 N–H and O–H groups in total. The van der Waals surface area contributed by atoms with Crippen molar-refractivity contribution in [2.45, 2.75) is 13.8 Å². The highest BCUT2D eigenvalue weighted by atomic mass is 35.5. The molecular formula is C19H16Cl5NO4. The molecule has 0 radical (unpaired) electrons. The van der Waals surface area contributed by atoms with Crippen molar-refractivity contribution in [1.29, 1.82) is 0 Å². The number of hydrogen-bond donors (Lipinski definition) is 1. The first-order valence-corrected chi connectivity index (χ1v) is 10.2. The smallest absolute Gasteiger partial charge is 0.338 e. The fraction of sp³-hybridized carbons (Fsp3) is 0.263. The summed E-state index contributed by atoms with van der Waals surface area (Å²) >= 11 is 29.9. The van der Waals surface area contributed by atoms with Crippen LogP contribution in [0.1, 0.15) is 24.2 Å². The highest BCUT2D eigenvalue weighted by Gasteiger charge is 2.21. The Labute approximate surface area is 193 Å².